The number of aromatic amines is 1. The molecule has 0 aliphatic carbocycles. The Morgan fingerprint density at radius 2 is 1.89 bits per heavy atom. The van der Waals surface area contributed by atoms with E-state index < -0.39 is 0 Å². The van der Waals surface area contributed by atoms with Gasteiger partial charge in [-0.25, -0.2) is 9.78 Å². The van der Waals surface area contributed by atoms with Crippen LogP contribution in [0.15, 0.2) is 12.1 Å². The van der Waals surface area contributed by atoms with Crippen LogP contribution < -0.4 is 5.32 Å². The van der Waals surface area contributed by atoms with Crippen molar-refractivity contribution in [2.24, 2.45) is 0 Å². The molecule has 0 unspecified atom stereocenters. The van der Waals surface area contributed by atoms with Gasteiger partial charge in [0.05, 0.1) is 11.0 Å². The van der Waals surface area contributed by atoms with E-state index in [4.69, 9.17) is 0 Å². The SMILES string of the molecule is CCN(CC)C(=O)Nc1nc2cc(C)c(C)cc2[nH]1. The number of fused-ring (bicyclic) bond motifs is 1. The van der Waals surface area contributed by atoms with Crippen molar-refractivity contribution >= 4 is 23.0 Å². The van der Waals surface area contributed by atoms with E-state index in [1.54, 1.807) is 4.90 Å². The van der Waals surface area contributed by atoms with Crippen LogP contribution in [0.4, 0.5) is 10.7 Å². The third-order valence-electron chi connectivity index (χ3n) is 3.37. The van der Waals surface area contributed by atoms with Crippen molar-refractivity contribution in [3.63, 3.8) is 0 Å². The first-order chi connectivity index (χ1) is 9.05. The number of hydrogen-bond donors (Lipinski definition) is 2. The summed E-state index contributed by atoms with van der Waals surface area (Å²) < 4.78 is 0. The molecule has 2 aromatic rings. The quantitative estimate of drug-likeness (QED) is 0.891. The van der Waals surface area contributed by atoms with E-state index in [0.29, 0.717) is 19.0 Å². The molecule has 5 heteroatoms. The zero-order chi connectivity index (χ0) is 14.0. The van der Waals surface area contributed by atoms with Gasteiger partial charge in [-0.2, -0.15) is 0 Å². The van der Waals surface area contributed by atoms with Crippen LogP contribution in [-0.2, 0) is 0 Å². The molecule has 1 aromatic heterocycles. The zero-order valence-electron chi connectivity index (χ0n) is 11.9. The van der Waals surface area contributed by atoms with Gasteiger partial charge >= 0.3 is 6.03 Å². The monoisotopic (exact) mass is 260 g/mol. The highest BCUT2D eigenvalue weighted by Crippen LogP contribution is 2.19. The Labute approximate surface area is 113 Å². The largest absolute Gasteiger partial charge is 0.325 e. The van der Waals surface area contributed by atoms with Gasteiger partial charge in [-0.05, 0) is 51.0 Å². The second-order valence-corrected chi connectivity index (χ2v) is 4.64. The Hall–Kier alpha value is -2.04. The third-order valence-corrected chi connectivity index (χ3v) is 3.37. The normalized spacial score (nSPS) is 10.7. The van der Waals surface area contributed by atoms with Crippen molar-refractivity contribution in [2.45, 2.75) is 27.7 Å². The predicted octanol–water partition coefficient (Wildman–Crippen LogP) is 3.05. The average molecular weight is 260 g/mol. The fourth-order valence-electron chi connectivity index (χ4n) is 2.02. The van der Waals surface area contributed by atoms with E-state index in [1.807, 2.05) is 26.0 Å². The molecule has 1 heterocycles. The van der Waals surface area contributed by atoms with Crippen molar-refractivity contribution in [1.82, 2.24) is 14.9 Å². The molecule has 0 aliphatic rings. The highest BCUT2D eigenvalue weighted by atomic mass is 16.2. The lowest BCUT2D eigenvalue weighted by Crippen LogP contribution is -2.34. The smallest absolute Gasteiger partial charge is 0.324 e. The van der Waals surface area contributed by atoms with E-state index in [-0.39, 0.29) is 6.03 Å². The number of benzene rings is 1. The number of hydrogen-bond acceptors (Lipinski definition) is 2. The summed E-state index contributed by atoms with van der Waals surface area (Å²) in [6, 6.07) is 3.94. The van der Waals surface area contributed by atoms with Crippen molar-refractivity contribution < 1.29 is 4.79 Å². The Morgan fingerprint density at radius 3 is 2.53 bits per heavy atom. The summed E-state index contributed by atoms with van der Waals surface area (Å²) in [4.78, 5) is 21.2. The molecule has 0 bridgehead atoms. The number of anilines is 1. The summed E-state index contributed by atoms with van der Waals surface area (Å²) in [6.07, 6.45) is 0. The van der Waals surface area contributed by atoms with Gasteiger partial charge in [0.25, 0.3) is 0 Å². The Morgan fingerprint density at radius 1 is 1.26 bits per heavy atom. The molecular weight excluding hydrogens is 240 g/mol. The van der Waals surface area contributed by atoms with Gasteiger partial charge < -0.3 is 9.88 Å². The van der Waals surface area contributed by atoms with Crippen molar-refractivity contribution in [1.29, 1.82) is 0 Å². The van der Waals surface area contributed by atoms with Gasteiger partial charge in [0.1, 0.15) is 0 Å². The molecule has 0 fully saturated rings. The first-order valence-electron chi connectivity index (χ1n) is 6.58. The van der Waals surface area contributed by atoms with E-state index >= 15 is 0 Å². The molecular formula is C14H20N4O. The molecule has 0 saturated heterocycles. The van der Waals surface area contributed by atoms with Crippen molar-refractivity contribution in [3.05, 3.63) is 23.3 Å². The molecule has 0 radical (unpaired) electrons. The van der Waals surface area contributed by atoms with E-state index in [1.165, 1.54) is 11.1 Å². The maximum absolute atomic E-state index is 11.9. The van der Waals surface area contributed by atoms with Crippen LogP contribution in [0.25, 0.3) is 11.0 Å². The summed E-state index contributed by atoms with van der Waals surface area (Å²) in [7, 11) is 0. The molecule has 1 aromatic carbocycles. The van der Waals surface area contributed by atoms with Crippen LogP contribution in [0.5, 0.6) is 0 Å². The van der Waals surface area contributed by atoms with Crippen LogP contribution in [0.3, 0.4) is 0 Å². The second kappa shape index (κ2) is 5.30. The number of nitrogens with zero attached hydrogens (tertiary/aromatic N) is 2. The fourth-order valence-corrected chi connectivity index (χ4v) is 2.02. The molecule has 0 saturated carbocycles. The van der Waals surface area contributed by atoms with Crippen molar-refractivity contribution in [3.8, 4) is 0 Å². The summed E-state index contributed by atoms with van der Waals surface area (Å²) >= 11 is 0. The average Bonchev–Trinajstić information content (AvgIpc) is 2.72. The van der Waals surface area contributed by atoms with E-state index in [0.717, 1.165) is 11.0 Å². The number of carbonyl (C=O) groups is 1. The standard InChI is InChI=1S/C14H20N4O/c1-5-18(6-2)14(19)17-13-15-11-7-9(3)10(4)8-12(11)16-13/h7-8H,5-6H2,1-4H3,(H2,15,16,17,19). The summed E-state index contributed by atoms with van der Waals surface area (Å²) in [5.41, 5.74) is 4.22. The lowest BCUT2D eigenvalue weighted by atomic mass is 10.1. The second-order valence-electron chi connectivity index (χ2n) is 4.64. The number of H-pyrrole nitrogens is 1. The first-order valence-corrected chi connectivity index (χ1v) is 6.58. The van der Waals surface area contributed by atoms with Gasteiger partial charge in [0, 0.05) is 13.1 Å². The molecule has 2 amide bonds. The Balaban J connectivity index is 2.24. The number of carbonyl (C=O) groups excluding carboxylic acids is 1. The maximum atomic E-state index is 11.9. The number of imidazole rings is 1. The zero-order valence-corrected chi connectivity index (χ0v) is 11.9. The Bertz CT molecular complexity index is 560. The molecule has 0 atom stereocenters. The summed E-state index contributed by atoms with van der Waals surface area (Å²) in [5.74, 6) is 0.497. The minimum absolute atomic E-state index is 0.127. The summed E-state index contributed by atoms with van der Waals surface area (Å²) in [5, 5.41) is 2.79. The van der Waals surface area contributed by atoms with Gasteiger partial charge in [-0.3, -0.25) is 5.32 Å². The molecule has 5 nitrogen and oxygen atoms in total. The van der Waals surface area contributed by atoms with Crippen molar-refractivity contribution in [2.75, 3.05) is 18.4 Å². The van der Waals surface area contributed by atoms with Gasteiger partial charge in [0.15, 0.2) is 0 Å². The van der Waals surface area contributed by atoms with E-state index in [2.05, 4.69) is 29.1 Å². The highest BCUT2D eigenvalue weighted by Gasteiger charge is 2.12. The number of nitrogens with one attached hydrogen (secondary N) is 2. The van der Waals surface area contributed by atoms with Crippen LogP contribution in [-0.4, -0.2) is 34.0 Å². The van der Waals surface area contributed by atoms with E-state index in [9.17, 15) is 4.79 Å². The molecule has 0 aliphatic heterocycles. The number of rotatable bonds is 3. The predicted molar refractivity (Wildman–Crippen MR) is 77.5 cm³/mol. The number of aryl methyl sites for hydroxylation is 2. The van der Waals surface area contributed by atoms with Gasteiger partial charge in [-0.1, -0.05) is 0 Å². The summed E-state index contributed by atoms with van der Waals surface area (Å²) in [6.45, 7) is 9.38. The molecule has 102 valence electrons. The third kappa shape index (κ3) is 2.70. The fraction of sp³-hybridized carbons (Fsp3) is 0.429. The minimum atomic E-state index is -0.127. The molecule has 19 heavy (non-hydrogen) atoms. The topological polar surface area (TPSA) is 61.0 Å². The van der Waals surface area contributed by atoms with Crippen LogP contribution in [0.2, 0.25) is 0 Å². The molecule has 0 spiro atoms. The number of aromatic nitrogens is 2. The van der Waals surface area contributed by atoms with Crippen LogP contribution in [0.1, 0.15) is 25.0 Å². The minimum Gasteiger partial charge on any atom is -0.325 e. The number of amides is 2. The van der Waals surface area contributed by atoms with Crippen LogP contribution >= 0.6 is 0 Å². The van der Waals surface area contributed by atoms with Gasteiger partial charge in [0.2, 0.25) is 5.95 Å². The lowest BCUT2D eigenvalue weighted by molar-refractivity contribution is 0.217. The van der Waals surface area contributed by atoms with Crippen LogP contribution in [0, 0.1) is 13.8 Å². The first kappa shape index (κ1) is 13.4. The molecule has 2 rings (SSSR count). The Kier molecular flexibility index (Phi) is 3.74. The van der Waals surface area contributed by atoms with Gasteiger partial charge in [-0.15, -0.1) is 0 Å². The number of urea groups is 1. The molecule has 2 N–H and O–H groups in total. The lowest BCUT2D eigenvalue weighted by Gasteiger charge is -2.17. The maximum Gasteiger partial charge on any atom is 0.324 e. The highest BCUT2D eigenvalue weighted by molar-refractivity contribution is 5.90.